The Kier molecular flexibility index (Phi) is 7.12. The molecule has 0 radical (unpaired) electrons. The number of hydrogen-bond acceptors (Lipinski definition) is 4. The number of carbonyl (C=O) groups is 1. The molecule has 0 bridgehead atoms. The van der Waals surface area contributed by atoms with Crippen molar-refractivity contribution >= 4 is 5.91 Å². The number of benzene rings is 1. The molecule has 2 atom stereocenters. The van der Waals surface area contributed by atoms with Gasteiger partial charge in [-0.25, -0.2) is 4.39 Å². The van der Waals surface area contributed by atoms with E-state index in [4.69, 9.17) is 4.74 Å². The SMILES string of the molecule is CC1CC1C(=O)N[C@H]1CC[C@H](CCN2CCC(Oc3ccc(F)cc3C#N)CC2)CC1. The van der Waals surface area contributed by atoms with Crippen molar-refractivity contribution in [2.45, 2.75) is 70.4 Å². The van der Waals surface area contributed by atoms with Crippen LogP contribution in [-0.2, 0) is 4.79 Å². The Balaban J connectivity index is 1.12. The van der Waals surface area contributed by atoms with Crippen LogP contribution < -0.4 is 10.1 Å². The molecule has 5 nitrogen and oxygen atoms in total. The van der Waals surface area contributed by atoms with Gasteiger partial charge < -0.3 is 15.0 Å². The predicted molar refractivity (Wildman–Crippen MR) is 117 cm³/mol. The molecular formula is C25H34FN3O2. The molecule has 6 heteroatoms. The maximum Gasteiger partial charge on any atom is 0.223 e. The highest BCUT2D eigenvalue weighted by Crippen LogP contribution is 2.38. The third-order valence-electron chi connectivity index (χ3n) is 7.38. The smallest absolute Gasteiger partial charge is 0.223 e. The van der Waals surface area contributed by atoms with Gasteiger partial charge in [-0.2, -0.15) is 5.26 Å². The number of halogens is 1. The van der Waals surface area contributed by atoms with Gasteiger partial charge in [0.1, 0.15) is 23.7 Å². The number of nitriles is 1. The summed E-state index contributed by atoms with van der Waals surface area (Å²) in [5.41, 5.74) is 0.265. The van der Waals surface area contributed by atoms with Gasteiger partial charge in [-0.15, -0.1) is 0 Å². The second-order valence-corrected chi connectivity index (χ2v) is 9.75. The van der Waals surface area contributed by atoms with E-state index in [9.17, 15) is 14.4 Å². The third kappa shape index (κ3) is 5.98. The van der Waals surface area contributed by atoms with Crippen molar-refractivity contribution in [2.75, 3.05) is 19.6 Å². The highest BCUT2D eigenvalue weighted by molar-refractivity contribution is 5.81. The summed E-state index contributed by atoms with van der Waals surface area (Å²) in [7, 11) is 0. The van der Waals surface area contributed by atoms with Gasteiger partial charge in [0.05, 0.1) is 5.56 Å². The van der Waals surface area contributed by atoms with Gasteiger partial charge in [-0.05, 0) is 87.9 Å². The largest absolute Gasteiger partial charge is 0.489 e. The fourth-order valence-corrected chi connectivity index (χ4v) is 5.08. The molecule has 1 amide bonds. The van der Waals surface area contributed by atoms with Crippen LogP contribution in [0.2, 0.25) is 0 Å². The Hall–Kier alpha value is -2.13. The Morgan fingerprint density at radius 1 is 1.23 bits per heavy atom. The minimum absolute atomic E-state index is 0.0852. The molecule has 3 fully saturated rings. The van der Waals surface area contributed by atoms with Crippen molar-refractivity contribution in [3.8, 4) is 11.8 Å². The van der Waals surface area contributed by atoms with Gasteiger partial charge in [0.2, 0.25) is 5.91 Å². The van der Waals surface area contributed by atoms with Crippen molar-refractivity contribution in [1.82, 2.24) is 10.2 Å². The number of ether oxygens (including phenoxy) is 1. The van der Waals surface area contributed by atoms with E-state index in [2.05, 4.69) is 17.1 Å². The van der Waals surface area contributed by atoms with Gasteiger partial charge in [-0.1, -0.05) is 6.92 Å². The number of likely N-dealkylation sites (tertiary alicyclic amines) is 1. The fourth-order valence-electron chi connectivity index (χ4n) is 5.08. The van der Waals surface area contributed by atoms with Crippen LogP contribution in [0.1, 0.15) is 63.9 Å². The molecule has 2 unspecified atom stereocenters. The first-order valence-electron chi connectivity index (χ1n) is 11.9. The fraction of sp³-hybridized carbons (Fsp3) is 0.680. The molecule has 168 valence electrons. The van der Waals surface area contributed by atoms with Crippen molar-refractivity contribution in [3.63, 3.8) is 0 Å². The first kappa shape index (κ1) is 22.1. The minimum Gasteiger partial charge on any atom is -0.489 e. The highest BCUT2D eigenvalue weighted by atomic mass is 19.1. The monoisotopic (exact) mass is 427 g/mol. The van der Waals surface area contributed by atoms with Crippen LogP contribution in [0.5, 0.6) is 5.75 Å². The molecular weight excluding hydrogens is 393 g/mol. The number of amides is 1. The zero-order valence-electron chi connectivity index (χ0n) is 18.5. The van der Waals surface area contributed by atoms with Gasteiger partial charge in [0, 0.05) is 25.0 Å². The van der Waals surface area contributed by atoms with E-state index >= 15 is 0 Å². The summed E-state index contributed by atoms with van der Waals surface area (Å²) in [5, 5.41) is 12.4. The molecule has 1 aliphatic heterocycles. The molecule has 3 aliphatic rings. The van der Waals surface area contributed by atoms with E-state index in [-0.39, 0.29) is 23.5 Å². The van der Waals surface area contributed by atoms with Crippen molar-refractivity contribution in [2.24, 2.45) is 17.8 Å². The van der Waals surface area contributed by atoms with E-state index in [1.54, 1.807) is 6.07 Å². The summed E-state index contributed by atoms with van der Waals surface area (Å²) < 4.78 is 19.3. The van der Waals surface area contributed by atoms with Crippen LogP contribution in [0, 0.1) is 34.9 Å². The standard InChI is InChI=1S/C25H34FN3O2/c1-17-14-23(17)25(30)28-21-5-2-18(3-6-21)8-11-29-12-9-22(10-13-29)31-24-7-4-20(26)15-19(24)16-27/h4,7,15,17-18,21-23H,2-3,5-6,8-14H2,1H3,(H,28,30)/t17?,18-,21-,23?. The maximum atomic E-state index is 13.3. The topological polar surface area (TPSA) is 65.4 Å². The number of piperidine rings is 1. The zero-order chi connectivity index (χ0) is 21.8. The van der Waals surface area contributed by atoms with Crippen LogP contribution in [0.3, 0.4) is 0 Å². The lowest BCUT2D eigenvalue weighted by Crippen LogP contribution is -2.40. The average molecular weight is 428 g/mol. The molecule has 4 rings (SSSR count). The normalized spacial score (nSPS) is 29.2. The second kappa shape index (κ2) is 9.99. The van der Waals surface area contributed by atoms with Gasteiger partial charge in [0.15, 0.2) is 0 Å². The van der Waals surface area contributed by atoms with E-state index in [0.717, 1.165) is 57.7 Å². The first-order chi connectivity index (χ1) is 15.0. The molecule has 1 N–H and O–H groups in total. The number of rotatable bonds is 7. The zero-order valence-corrected chi connectivity index (χ0v) is 18.5. The Morgan fingerprint density at radius 2 is 1.94 bits per heavy atom. The van der Waals surface area contributed by atoms with E-state index in [0.29, 0.717) is 17.7 Å². The second-order valence-electron chi connectivity index (χ2n) is 9.75. The third-order valence-corrected chi connectivity index (χ3v) is 7.38. The molecule has 1 heterocycles. The average Bonchev–Trinajstić information content (AvgIpc) is 3.52. The summed E-state index contributed by atoms with van der Waals surface area (Å²) >= 11 is 0. The van der Waals surface area contributed by atoms with E-state index in [1.165, 1.54) is 31.4 Å². The van der Waals surface area contributed by atoms with Gasteiger partial charge in [-0.3, -0.25) is 4.79 Å². The highest BCUT2D eigenvalue weighted by Gasteiger charge is 2.40. The molecule has 31 heavy (non-hydrogen) atoms. The van der Waals surface area contributed by atoms with Crippen molar-refractivity contribution in [1.29, 1.82) is 5.26 Å². The molecule has 0 aromatic heterocycles. The van der Waals surface area contributed by atoms with Crippen LogP contribution in [0.25, 0.3) is 0 Å². The van der Waals surface area contributed by atoms with Crippen LogP contribution >= 0.6 is 0 Å². The lowest BCUT2D eigenvalue weighted by molar-refractivity contribution is -0.123. The molecule has 2 aliphatic carbocycles. The minimum atomic E-state index is -0.410. The first-order valence-corrected chi connectivity index (χ1v) is 11.9. The summed E-state index contributed by atoms with van der Waals surface area (Å²) in [5.74, 6) is 1.98. The number of carbonyl (C=O) groups excluding carboxylic acids is 1. The number of nitrogens with one attached hydrogen (secondary N) is 1. The Labute approximate surface area is 184 Å². The molecule has 0 spiro atoms. The summed E-state index contributed by atoms with van der Waals surface area (Å²) in [6, 6.07) is 6.54. The predicted octanol–water partition coefficient (Wildman–Crippen LogP) is 4.26. The molecule has 1 aromatic rings. The molecule has 1 aromatic carbocycles. The van der Waals surface area contributed by atoms with E-state index < -0.39 is 5.82 Å². The van der Waals surface area contributed by atoms with Crippen molar-refractivity contribution in [3.05, 3.63) is 29.6 Å². The molecule has 2 saturated carbocycles. The summed E-state index contributed by atoms with van der Waals surface area (Å²) in [6.07, 6.45) is 8.90. The van der Waals surface area contributed by atoms with E-state index in [1.807, 2.05) is 6.07 Å². The molecule has 1 saturated heterocycles. The quantitative estimate of drug-likeness (QED) is 0.706. The Morgan fingerprint density at radius 3 is 2.58 bits per heavy atom. The lowest BCUT2D eigenvalue weighted by Gasteiger charge is -2.34. The number of nitrogens with zero attached hydrogens (tertiary/aromatic N) is 2. The maximum absolute atomic E-state index is 13.3. The van der Waals surface area contributed by atoms with Crippen molar-refractivity contribution < 1.29 is 13.9 Å². The summed E-state index contributed by atoms with van der Waals surface area (Å²) in [6.45, 7) is 5.27. The van der Waals surface area contributed by atoms with Gasteiger partial charge >= 0.3 is 0 Å². The van der Waals surface area contributed by atoms with Gasteiger partial charge in [0.25, 0.3) is 0 Å². The van der Waals surface area contributed by atoms with Crippen LogP contribution in [-0.4, -0.2) is 42.6 Å². The summed E-state index contributed by atoms with van der Waals surface area (Å²) in [4.78, 5) is 14.6. The number of hydrogen-bond donors (Lipinski definition) is 1. The van der Waals surface area contributed by atoms with Crippen LogP contribution in [0.4, 0.5) is 4.39 Å². The Bertz CT molecular complexity index is 807. The lowest BCUT2D eigenvalue weighted by atomic mass is 9.84. The van der Waals surface area contributed by atoms with Crippen LogP contribution in [0.15, 0.2) is 18.2 Å².